The van der Waals surface area contributed by atoms with Crippen molar-refractivity contribution in [3.8, 4) is 0 Å². The number of nitrogens with one attached hydrogen (secondary N) is 1. The van der Waals surface area contributed by atoms with Crippen LogP contribution >= 0.6 is 0 Å². The van der Waals surface area contributed by atoms with Crippen molar-refractivity contribution < 1.29 is 19.5 Å². The van der Waals surface area contributed by atoms with E-state index in [1.54, 1.807) is 4.90 Å². The second kappa shape index (κ2) is 7.89. The number of benzene rings is 1. The van der Waals surface area contributed by atoms with Gasteiger partial charge in [0.15, 0.2) is 0 Å². The number of carboxylic acids is 1. The molecule has 3 atom stereocenters. The highest BCUT2D eigenvalue weighted by atomic mass is 16.4. The minimum absolute atomic E-state index is 0.0387. The van der Waals surface area contributed by atoms with Gasteiger partial charge in [0.05, 0.1) is 11.8 Å². The third kappa shape index (κ3) is 4.06. The molecular formula is C20H26N2O4. The molecule has 6 heteroatoms. The molecule has 0 spiro atoms. The van der Waals surface area contributed by atoms with Gasteiger partial charge in [-0.15, -0.1) is 0 Å². The molecule has 0 bridgehead atoms. The van der Waals surface area contributed by atoms with Crippen LogP contribution in [0.3, 0.4) is 0 Å². The summed E-state index contributed by atoms with van der Waals surface area (Å²) in [6.07, 6.45) is 4.06. The molecular weight excluding hydrogens is 332 g/mol. The topological polar surface area (TPSA) is 86.7 Å². The maximum absolute atomic E-state index is 12.5. The average Bonchev–Trinajstić information content (AvgIpc) is 3.23. The van der Waals surface area contributed by atoms with Gasteiger partial charge >= 0.3 is 5.97 Å². The van der Waals surface area contributed by atoms with E-state index < -0.39 is 5.97 Å². The molecule has 1 aromatic carbocycles. The molecule has 2 aliphatic rings. The van der Waals surface area contributed by atoms with Crippen LogP contribution in [0, 0.1) is 11.8 Å². The Balaban J connectivity index is 1.57. The fraction of sp³-hybridized carbons (Fsp3) is 0.550. The van der Waals surface area contributed by atoms with Crippen molar-refractivity contribution in [2.24, 2.45) is 11.8 Å². The molecule has 6 nitrogen and oxygen atoms in total. The van der Waals surface area contributed by atoms with E-state index in [1.807, 2.05) is 24.3 Å². The Morgan fingerprint density at radius 1 is 1.19 bits per heavy atom. The van der Waals surface area contributed by atoms with Gasteiger partial charge in [-0.3, -0.25) is 14.4 Å². The Morgan fingerprint density at radius 2 is 1.92 bits per heavy atom. The fourth-order valence-electron chi connectivity index (χ4n) is 3.92. The molecule has 2 N–H and O–H groups in total. The largest absolute Gasteiger partial charge is 0.481 e. The van der Waals surface area contributed by atoms with Crippen LogP contribution in [0.25, 0.3) is 0 Å². The van der Waals surface area contributed by atoms with Gasteiger partial charge in [0.2, 0.25) is 11.8 Å². The molecule has 1 aliphatic carbocycles. The summed E-state index contributed by atoms with van der Waals surface area (Å²) in [4.78, 5) is 37.6. The summed E-state index contributed by atoms with van der Waals surface area (Å²) < 4.78 is 0. The lowest BCUT2D eigenvalue weighted by molar-refractivity contribution is -0.141. The van der Waals surface area contributed by atoms with E-state index in [-0.39, 0.29) is 36.1 Å². The molecule has 2 fully saturated rings. The highest BCUT2D eigenvalue weighted by Crippen LogP contribution is 2.28. The molecule has 1 heterocycles. The number of carboxylic acid groups (broad SMARTS) is 1. The lowest BCUT2D eigenvalue weighted by atomic mass is 10.1. The third-order valence-corrected chi connectivity index (χ3v) is 5.41. The summed E-state index contributed by atoms with van der Waals surface area (Å²) in [6, 6.07) is 7.85. The third-order valence-electron chi connectivity index (χ3n) is 5.41. The predicted molar refractivity (Wildman–Crippen MR) is 97.8 cm³/mol. The number of hydrogen-bond donors (Lipinski definition) is 2. The van der Waals surface area contributed by atoms with Gasteiger partial charge in [0.25, 0.3) is 0 Å². The SMILES string of the molecule is CCCc1ccc(N2CC(C(=O)N[C@@H]3CC[C@H](C(=O)O)C3)CC2=O)cc1. The molecule has 0 radical (unpaired) electrons. The van der Waals surface area contributed by atoms with E-state index in [0.29, 0.717) is 25.8 Å². The zero-order valence-corrected chi connectivity index (χ0v) is 15.1. The van der Waals surface area contributed by atoms with Gasteiger partial charge in [-0.1, -0.05) is 25.5 Å². The van der Waals surface area contributed by atoms with Crippen molar-refractivity contribution >= 4 is 23.5 Å². The second-order valence-electron chi connectivity index (χ2n) is 7.38. The van der Waals surface area contributed by atoms with Gasteiger partial charge in [0.1, 0.15) is 0 Å². The van der Waals surface area contributed by atoms with Crippen LogP contribution in [-0.4, -0.2) is 35.5 Å². The standard InChI is InChI=1S/C20H26N2O4/c1-2-3-13-4-8-17(9-5-13)22-12-15(11-18(22)23)19(24)21-16-7-6-14(10-16)20(25)26/h4-5,8-9,14-16H,2-3,6-7,10-12H2,1H3,(H,21,24)(H,25,26)/t14-,15?,16+/m0/s1. The summed E-state index contributed by atoms with van der Waals surface area (Å²) in [6.45, 7) is 2.51. The van der Waals surface area contributed by atoms with Crippen molar-refractivity contribution in [3.63, 3.8) is 0 Å². The lowest BCUT2D eigenvalue weighted by Gasteiger charge is -2.18. The molecule has 2 amide bonds. The van der Waals surface area contributed by atoms with E-state index in [9.17, 15) is 14.4 Å². The minimum Gasteiger partial charge on any atom is -0.481 e. The second-order valence-corrected chi connectivity index (χ2v) is 7.38. The van der Waals surface area contributed by atoms with E-state index in [1.165, 1.54) is 5.56 Å². The quantitative estimate of drug-likeness (QED) is 0.817. The van der Waals surface area contributed by atoms with Crippen molar-refractivity contribution in [1.82, 2.24) is 5.32 Å². The van der Waals surface area contributed by atoms with Gasteiger partial charge in [0, 0.05) is 24.7 Å². The Labute approximate surface area is 153 Å². The summed E-state index contributed by atoms with van der Waals surface area (Å²) >= 11 is 0. The lowest BCUT2D eigenvalue weighted by Crippen LogP contribution is -2.39. The molecule has 1 saturated carbocycles. The van der Waals surface area contributed by atoms with Crippen molar-refractivity contribution in [1.29, 1.82) is 0 Å². The van der Waals surface area contributed by atoms with Crippen LogP contribution < -0.4 is 10.2 Å². The Hall–Kier alpha value is -2.37. The van der Waals surface area contributed by atoms with Gasteiger partial charge < -0.3 is 15.3 Å². The first-order valence-electron chi connectivity index (χ1n) is 9.40. The number of rotatable bonds is 6. The monoisotopic (exact) mass is 358 g/mol. The van der Waals surface area contributed by atoms with Gasteiger partial charge in [-0.05, 0) is 43.4 Å². The fourth-order valence-corrected chi connectivity index (χ4v) is 3.92. The van der Waals surface area contributed by atoms with E-state index in [2.05, 4.69) is 12.2 Å². The van der Waals surface area contributed by atoms with Crippen molar-refractivity contribution in [2.45, 2.75) is 51.5 Å². The average molecular weight is 358 g/mol. The van der Waals surface area contributed by atoms with Crippen LogP contribution in [0.1, 0.15) is 44.6 Å². The number of amides is 2. The number of hydrogen-bond acceptors (Lipinski definition) is 3. The zero-order valence-electron chi connectivity index (χ0n) is 15.1. The highest BCUT2D eigenvalue weighted by molar-refractivity contribution is 6.00. The summed E-state index contributed by atoms with van der Waals surface area (Å²) in [5.74, 6) is -1.72. The first kappa shape index (κ1) is 18.4. The number of aliphatic carboxylic acids is 1. The molecule has 1 aromatic rings. The van der Waals surface area contributed by atoms with E-state index in [4.69, 9.17) is 5.11 Å². The first-order chi connectivity index (χ1) is 12.5. The minimum atomic E-state index is -0.796. The molecule has 1 aliphatic heterocycles. The molecule has 1 unspecified atom stereocenters. The smallest absolute Gasteiger partial charge is 0.306 e. The number of carbonyl (C=O) groups is 3. The van der Waals surface area contributed by atoms with Crippen molar-refractivity contribution in [3.05, 3.63) is 29.8 Å². The first-order valence-corrected chi connectivity index (χ1v) is 9.40. The maximum atomic E-state index is 12.5. The molecule has 3 rings (SSSR count). The summed E-state index contributed by atoms with van der Waals surface area (Å²) in [7, 11) is 0. The van der Waals surface area contributed by atoms with E-state index >= 15 is 0 Å². The Bertz CT molecular complexity index is 686. The summed E-state index contributed by atoms with van der Waals surface area (Å²) in [5, 5.41) is 12.0. The maximum Gasteiger partial charge on any atom is 0.306 e. The van der Waals surface area contributed by atoms with Crippen LogP contribution in [0.4, 0.5) is 5.69 Å². The van der Waals surface area contributed by atoms with Crippen molar-refractivity contribution in [2.75, 3.05) is 11.4 Å². The summed E-state index contributed by atoms with van der Waals surface area (Å²) in [5.41, 5.74) is 2.07. The Kier molecular flexibility index (Phi) is 5.59. The molecule has 1 saturated heterocycles. The number of aryl methyl sites for hydroxylation is 1. The van der Waals surface area contributed by atoms with E-state index in [0.717, 1.165) is 18.5 Å². The molecule has 0 aromatic heterocycles. The number of carbonyl (C=O) groups excluding carboxylic acids is 2. The normalized spacial score (nSPS) is 25.5. The predicted octanol–water partition coefficient (Wildman–Crippen LogP) is 2.36. The van der Waals surface area contributed by atoms with Gasteiger partial charge in [-0.25, -0.2) is 0 Å². The van der Waals surface area contributed by atoms with Crippen LogP contribution in [0.2, 0.25) is 0 Å². The number of anilines is 1. The Morgan fingerprint density at radius 3 is 2.54 bits per heavy atom. The highest BCUT2D eigenvalue weighted by Gasteiger charge is 2.37. The van der Waals surface area contributed by atoms with Crippen LogP contribution in [0.5, 0.6) is 0 Å². The number of nitrogens with zero attached hydrogens (tertiary/aromatic N) is 1. The van der Waals surface area contributed by atoms with Crippen LogP contribution in [0.15, 0.2) is 24.3 Å². The molecule has 26 heavy (non-hydrogen) atoms. The zero-order chi connectivity index (χ0) is 18.7. The molecule has 140 valence electrons. The van der Waals surface area contributed by atoms with Gasteiger partial charge in [-0.2, -0.15) is 0 Å². The van der Waals surface area contributed by atoms with Crippen LogP contribution in [-0.2, 0) is 20.8 Å².